The molecule has 0 aliphatic carbocycles. The van der Waals surface area contributed by atoms with E-state index in [4.69, 9.17) is 27.9 Å². The highest BCUT2D eigenvalue weighted by Gasteiger charge is 2.47. The van der Waals surface area contributed by atoms with Crippen molar-refractivity contribution in [3.05, 3.63) is 64.1 Å². The first-order chi connectivity index (χ1) is 14.3. The highest BCUT2D eigenvalue weighted by Crippen LogP contribution is 2.33. The summed E-state index contributed by atoms with van der Waals surface area (Å²) in [6.07, 6.45) is 0.435. The van der Waals surface area contributed by atoms with E-state index in [1.54, 1.807) is 55.5 Å². The number of methoxy groups -OCH3 is 1. The van der Waals surface area contributed by atoms with Crippen molar-refractivity contribution in [1.29, 1.82) is 0 Å². The van der Waals surface area contributed by atoms with Gasteiger partial charge in [-0.3, -0.25) is 24.3 Å². The van der Waals surface area contributed by atoms with Crippen LogP contribution in [0, 0.1) is 5.41 Å². The molecule has 0 fully saturated rings. The van der Waals surface area contributed by atoms with Crippen LogP contribution in [0.4, 0.5) is 5.69 Å². The number of hydrazone groups is 1. The van der Waals surface area contributed by atoms with Gasteiger partial charge in [0.05, 0.1) is 25.1 Å². The number of amides is 2. The van der Waals surface area contributed by atoms with E-state index in [9.17, 15) is 14.4 Å². The standard InChI is InChI=1S/C21H19Cl2N3O4/c1-21(20(29)30-2)12-25(24-19(21)14-3-5-15(22)6-4-14)11-18(28)26(13-27)17-9-7-16(23)8-10-17/h3-10,13H,11-12H2,1-2H3. The number of ether oxygens (including phenoxy) is 1. The summed E-state index contributed by atoms with van der Waals surface area (Å²) in [6, 6.07) is 13.2. The van der Waals surface area contributed by atoms with Crippen molar-refractivity contribution in [3.8, 4) is 0 Å². The second-order valence-corrected chi connectivity index (χ2v) is 7.82. The first kappa shape index (κ1) is 21.8. The van der Waals surface area contributed by atoms with Gasteiger partial charge < -0.3 is 4.74 Å². The average molecular weight is 448 g/mol. The van der Waals surface area contributed by atoms with Gasteiger partial charge in [-0.05, 0) is 48.9 Å². The third kappa shape index (κ3) is 4.32. The molecule has 0 N–H and O–H groups in total. The summed E-state index contributed by atoms with van der Waals surface area (Å²) in [5.41, 5.74) is 0.446. The smallest absolute Gasteiger partial charge is 0.319 e. The molecule has 30 heavy (non-hydrogen) atoms. The summed E-state index contributed by atoms with van der Waals surface area (Å²) in [7, 11) is 1.30. The molecule has 1 heterocycles. The minimum Gasteiger partial charge on any atom is -0.468 e. The fourth-order valence-corrected chi connectivity index (χ4v) is 3.54. The predicted molar refractivity (Wildman–Crippen MR) is 115 cm³/mol. The van der Waals surface area contributed by atoms with E-state index in [0.29, 0.717) is 33.4 Å². The lowest BCUT2D eigenvalue weighted by Gasteiger charge is -2.24. The molecule has 2 aromatic rings. The van der Waals surface area contributed by atoms with Crippen molar-refractivity contribution >= 4 is 52.9 Å². The number of anilines is 1. The third-order valence-corrected chi connectivity index (χ3v) is 5.32. The van der Waals surface area contributed by atoms with Gasteiger partial charge in [-0.25, -0.2) is 0 Å². The van der Waals surface area contributed by atoms with E-state index >= 15 is 0 Å². The molecule has 2 amide bonds. The second-order valence-electron chi connectivity index (χ2n) is 6.95. The summed E-state index contributed by atoms with van der Waals surface area (Å²) >= 11 is 11.8. The van der Waals surface area contributed by atoms with E-state index in [0.717, 1.165) is 4.90 Å². The molecule has 7 nitrogen and oxygen atoms in total. The molecule has 9 heteroatoms. The number of benzene rings is 2. The second kappa shape index (κ2) is 8.85. The number of esters is 1. The molecular formula is C21H19Cl2N3O4. The third-order valence-electron chi connectivity index (χ3n) is 4.81. The van der Waals surface area contributed by atoms with E-state index in [-0.39, 0.29) is 13.1 Å². The zero-order valence-electron chi connectivity index (χ0n) is 16.3. The Balaban J connectivity index is 1.87. The van der Waals surface area contributed by atoms with E-state index in [2.05, 4.69) is 5.10 Å². The topological polar surface area (TPSA) is 79.3 Å². The minimum absolute atomic E-state index is 0.122. The summed E-state index contributed by atoms with van der Waals surface area (Å²) in [5.74, 6) is -0.975. The van der Waals surface area contributed by atoms with Crippen LogP contribution in [0.5, 0.6) is 0 Å². The van der Waals surface area contributed by atoms with Crippen molar-refractivity contribution < 1.29 is 19.1 Å². The lowest BCUT2D eigenvalue weighted by atomic mass is 9.82. The van der Waals surface area contributed by atoms with E-state index in [1.165, 1.54) is 12.1 Å². The predicted octanol–water partition coefficient (Wildman–Crippen LogP) is 3.38. The fourth-order valence-electron chi connectivity index (χ4n) is 3.29. The molecule has 156 valence electrons. The van der Waals surface area contributed by atoms with Gasteiger partial charge in [0.25, 0.3) is 5.91 Å². The Bertz CT molecular complexity index is 992. The van der Waals surface area contributed by atoms with Gasteiger partial charge in [0.15, 0.2) is 0 Å². The Morgan fingerprint density at radius 1 is 1.13 bits per heavy atom. The molecule has 0 aromatic heterocycles. The highest BCUT2D eigenvalue weighted by atomic mass is 35.5. The number of rotatable bonds is 6. The van der Waals surface area contributed by atoms with E-state index in [1.807, 2.05) is 0 Å². The fraction of sp³-hybridized carbons (Fsp3) is 0.238. The average Bonchev–Trinajstić information content (AvgIpc) is 3.07. The van der Waals surface area contributed by atoms with Crippen LogP contribution >= 0.6 is 23.2 Å². The molecule has 1 unspecified atom stereocenters. The molecule has 2 aromatic carbocycles. The number of nitrogens with zero attached hydrogens (tertiary/aromatic N) is 3. The van der Waals surface area contributed by atoms with Crippen LogP contribution in [0.3, 0.4) is 0 Å². The Morgan fingerprint density at radius 3 is 2.23 bits per heavy atom. The molecule has 0 bridgehead atoms. The van der Waals surface area contributed by atoms with Gasteiger partial charge in [-0.2, -0.15) is 5.10 Å². The van der Waals surface area contributed by atoms with Gasteiger partial charge >= 0.3 is 5.97 Å². The van der Waals surface area contributed by atoms with Gasteiger partial charge in [0.2, 0.25) is 6.41 Å². The number of carbonyl (C=O) groups excluding carboxylic acids is 3. The number of halogens is 2. The van der Waals surface area contributed by atoms with Crippen LogP contribution in [0.2, 0.25) is 10.0 Å². The first-order valence-electron chi connectivity index (χ1n) is 9.00. The number of imide groups is 1. The molecule has 3 rings (SSSR count). The molecule has 1 atom stereocenters. The van der Waals surface area contributed by atoms with Crippen LogP contribution in [0.15, 0.2) is 53.6 Å². The Kier molecular flexibility index (Phi) is 6.43. The quantitative estimate of drug-likeness (QED) is 0.500. The zero-order chi connectivity index (χ0) is 21.9. The molecular weight excluding hydrogens is 429 g/mol. The van der Waals surface area contributed by atoms with Gasteiger partial charge in [0.1, 0.15) is 12.0 Å². The SMILES string of the molecule is COC(=O)C1(C)CN(CC(=O)N(C=O)c2ccc(Cl)cc2)N=C1c1ccc(Cl)cc1. The van der Waals surface area contributed by atoms with Crippen LogP contribution in [-0.4, -0.2) is 49.2 Å². The van der Waals surface area contributed by atoms with Crippen LogP contribution < -0.4 is 4.90 Å². The zero-order valence-corrected chi connectivity index (χ0v) is 17.9. The largest absolute Gasteiger partial charge is 0.468 e. The molecule has 1 aliphatic rings. The van der Waals surface area contributed by atoms with Crippen molar-refractivity contribution in [2.24, 2.45) is 10.5 Å². The molecule has 0 saturated heterocycles. The van der Waals surface area contributed by atoms with Crippen LogP contribution in [0.1, 0.15) is 12.5 Å². The van der Waals surface area contributed by atoms with Crippen molar-refractivity contribution in [1.82, 2.24) is 5.01 Å². The monoisotopic (exact) mass is 447 g/mol. The van der Waals surface area contributed by atoms with Gasteiger partial charge in [-0.15, -0.1) is 0 Å². The molecule has 0 radical (unpaired) electrons. The Morgan fingerprint density at radius 2 is 1.70 bits per heavy atom. The molecule has 1 aliphatic heterocycles. The van der Waals surface area contributed by atoms with Crippen molar-refractivity contribution in [2.45, 2.75) is 6.92 Å². The maximum Gasteiger partial charge on any atom is 0.319 e. The van der Waals surface area contributed by atoms with Crippen LogP contribution in [-0.2, 0) is 19.1 Å². The number of hydrogen-bond donors (Lipinski definition) is 0. The van der Waals surface area contributed by atoms with Gasteiger partial charge in [-0.1, -0.05) is 35.3 Å². The lowest BCUT2D eigenvalue weighted by Crippen LogP contribution is -2.43. The maximum atomic E-state index is 12.8. The summed E-state index contributed by atoms with van der Waals surface area (Å²) < 4.78 is 4.98. The van der Waals surface area contributed by atoms with Crippen molar-refractivity contribution in [2.75, 3.05) is 25.1 Å². The normalized spacial score (nSPS) is 18.0. The first-order valence-corrected chi connectivity index (χ1v) is 9.75. The number of carbonyl (C=O) groups is 3. The van der Waals surface area contributed by atoms with Crippen molar-refractivity contribution in [3.63, 3.8) is 0 Å². The maximum absolute atomic E-state index is 12.8. The number of hydrogen-bond acceptors (Lipinski definition) is 6. The summed E-state index contributed by atoms with van der Waals surface area (Å²) in [4.78, 5) is 37.8. The van der Waals surface area contributed by atoms with E-state index < -0.39 is 17.3 Å². The molecule has 0 spiro atoms. The highest BCUT2D eigenvalue weighted by molar-refractivity contribution is 6.31. The van der Waals surface area contributed by atoms with Crippen LogP contribution in [0.25, 0.3) is 0 Å². The summed E-state index contributed by atoms with van der Waals surface area (Å²) in [6.45, 7) is 1.62. The Hall–Kier alpha value is -2.90. The lowest BCUT2D eigenvalue weighted by molar-refractivity contribution is -0.148. The summed E-state index contributed by atoms with van der Waals surface area (Å²) in [5, 5.41) is 6.99. The minimum atomic E-state index is -1.09. The Labute approximate surface area is 183 Å². The van der Waals surface area contributed by atoms with Gasteiger partial charge in [0, 0.05) is 10.0 Å². The molecule has 0 saturated carbocycles.